The van der Waals surface area contributed by atoms with Gasteiger partial charge in [-0.3, -0.25) is 4.98 Å². The monoisotopic (exact) mass is 205 g/mol. The van der Waals surface area contributed by atoms with E-state index >= 15 is 0 Å². The van der Waals surface area contributed by atoms with E-state index in [1.165, 1.54) is 4.88 Å². The first-order chi connectivity index (χ1) is 6.86. The lowest BCUT2D eigenvalue weighted by molar-refractivity contribution is 1.18. The third-order valence-electron chi connectivity index (χ3n) is 1.89. The molecule has 2 heterocycles. The van der Waals surface area contributed by atoms with Crippen LogP contribution in [0.5, 0.6) is 0 Å². The van der Waals surface area contributed by atoms with Crippen molar-refractivity contribution in [2.24, 2.45) is 0 Å². The second kappa shape index (κ2) is 4.11. The van der Waals surface area contributed by atoms with E-state index in [-0.39, 0.29) is 0 Å². The molecule has 2 aromatic heterocycles. The van der Waals surface area contributed by atoms with Gasteiger partial charge in [0, 0.05) is 17.6 Å². The van der Waals surface area contributed by atoms with Crippen LogP contribution in [0.1, 0.15) is 4.88 Å². The Labute approximate surface area is 86.6 Å². The number of nitrogens with two attached hydrogens (primary N) is 1. The average Bonchev–Trinajstić information content (AvgIpc) is 2.69. The van der Waals surface area contributed by atoms with Gasteiger partial charge in [-0.05, 0) is 17.5 Å². The fraction of sp³-hybridized carbons (Fsp3) is 0.100. The Balaban J connectivity index is 2.02. The summed E-state index contributed by atoms with van der Waals surface area (Å²) < 4.78 is 0. The molecule has 0 saturated heterocycles. The number of nitrogens with one attached hydrogen (secondary N) is 1. The number of thiophene rings is 1. The Hall–Kier alpha value is -1.55. The van der Waals surface area contributed by atoms with Crippen molar-refractivity contribution >= 4 is 22.7 Å². The van der Waals surface area contributed by atoms with Crippen LogP contribution in [-0.4, -0.2) is 4.98 Å². The van der Waals surface area contributed by atoms with Gasteiger partial charge < -0.3 is 11.1 Å². The van der Waals surface area contributed by atoms with Gasteiger partial charge in [-0.25, -0.2) is 0 Å². The Kier molecular flexibility index (Phi) is 2.65. The molecule has 3 N–H and O–H groups in total. The number of anilines is 2. The summed E-state index contributed by atoms with van der Waals surface area (Å²) in [5.41, 5.74) is 7.38. The minimum atomic E-state index is 0.733. The first-order valence-corrected chi connectivity index (χ1v) is 5.20. The lowest BCUT2D eigenvalue weighted by Gasteiger charge is -2.06. The summed E-state index contributed by atoms with van der Waals surface area (Å²) in [5, 5.41) is 5.30. The molecular weight excluding hydrogens is 194 g/mol. The molecule has 3 nitrogen and oxygen atoms in total. The van der Waals surface area contributed by atoms with E-state index in [2.05, 4.69) is 21.7 Å². The average molecular weight is 205 g/mol. The highest BCUT2D eigenvalue weighted by Crippen LogP contribution is 2.17. The minimum absolute atomic E-state index is 0.733. The highest BCUT2D eigenvalue weighted by molar-refractivity contribution is 7.09. The van der Waals surface area contributed by atoms with E-state index in [9.17, 15) is 0 Å². The van der Waals surface area contributed by atoms with Crippen molar-refractivity contribution < 1.29 is 0 Å². The largest absolute Gasteiger partial charge is 0.397 e. The third kappa shape index (κ3) is 2.03. The van der Waals surface area contributed by atoms with Crippen LogP contribution < -0.4 is 11.1 Å². The maximum Gasteiger partial charge on any atom is 0.0763 e. The zero-order valence-corrected chi connectivity index (χ0v) is 8.42. The molecule has 0 spiro atoms. The van der Waals surface area contributed by atoms with Crippen LogP contribution in [0, 0.1) is 0 Å². The number of hydrogen-bond acceptors (Lipinski definition) is 4. The SMILES string of the molecule is Nc1ccncc1NCc1cccs1. The number of nitrogen functional groups attached to an aromatic ring is 1. The van der Waals surface area contributed by atoms with Gasteiger partial charge in [0.15, 0.2) is 0 Å². The Morgan fingerprint density at radius 3 is 3.07 bits per heavy atom. The molecule has 0 unspecified atom stereocenters. The molecule has 14 heavy (non-hydrogen) atoms. The Morgan fingerprint density at radius 2 is 2.36 bits per heavy atom. The number of hydrogen-bond donors (Lipinski definition) is 2. The minimum Gasteiger partial charge on any atom is -0.397 e. The Bertz CT molecular complexity index is 398. The molecule has 0 aromatic carbocycles. The van der Waals surface area contributed by atoms with Crippen LogP contribution >= 0.6 is 11.3 Å². The molecule has 0 radical (unpaired) electrons. The topological polar surface area (TPSA) is 50.9 Å². The van der Waals surface area contributed by atoms with Gasteiger partial charge in [0.1, 0.15) is 0 Å². The summed E-state index contributed by atoms with van der Waals surface area (Å²) in [6.07, 6.45) is 3.43. The lowest BCUT2D eigenvalue weighted by Crippen LogP contribution is -2.01. The highest BCUT2D eigenvalue weighted by Gasteiger charge is 1.97. The molecule has 4 heteroatoms. The van der Waals surface area contributed by atoms with Gasteiger partial charge in [-0.15, -0.1) is 11.3 Å². The molecule has 0 aliphatic carbocycles. The molecule has 0 amide bonds. The predicted octanol–water partition coefficient (Wildman–Crippen LogP) is 2.34. The molecule has 0 fully saturated rings. The van der Waals surface area contributed by atoms with Gasteiger partial charge in [0.05, 0.1) is 17.6 Å². The maximum absolute atomic E-state index is 5.76. The van der Waals surface area contributed by atoms with Crippen LogP contribution in [-0.2, 0) is 6.54 Å². The van der Waals surface area contributed by atoms with Crippen LogP contribution in [0.4, 0.5) is 11.4 Å². The fourth-order valence-electron chi connectivity index (χ4n) is 1.15. The molecule has 72 valence electrons. The number of nitrogens with zero attached hydrogens (tertiary/aromatic N) is 1. The molecule has 2 rings (SSSR count). The lowest BCUT2D eigenvalue weighted by atomic mass is 10.3. The smallest absolute Gasteiger partial charge is 0.0763 e. The molecule has 0 atom stereocenters. The van der Waals surface area contributed by atoms with Crippen LogP contribution in [0.15, 0.2) is 36.0 Å². The summed E-state index contributed by atoms with van der Waals surface area (Å²) >= 11 is 1.72. The summed E-state index contributed by atoms with van der Waals surface area (Å²) in [5.74, 6) is 0. The van der Waals surface area contributed by atoms with Gasteiger partial charge >= 0.3 is 0 Å². The van der Waals surface area contributed by atoms with Crippen molar-refractivity contribution in [1.82, 2.24) is 4.98 Å². The van der Waals surface area contributed by atoms with Crippen molar-refractivity contribution in [3.05, 3.63) is 40.8 Å². The highest BCUT2D eigenvalue weighted by atomic mass is 32.1. The van der Waals surface area contributed by atoms with Crippen molar-refractivity contribution in [2.45, 2.75) is 6.54 Å². The summed E-state index contributed by atoms with van der Waals surface area (Å²) in [6.45, 7) is 0.799. The van der Waals surface area contributed by atoms with Gasteiger partial charge in [0.25, 0.3) is 0 Å². The molecule has 0 aliphatic heterocycles. The van der Waals surface area contributed by atoms with E-state index in [4.69, 9.17) is 5.73 Å². The predicted molar refractivity (Wildman–Crippen MR) is 60.3 cm³/mol. The first-order valence-electron chi connectivity index (χ1n) is 4.32. The van der Waals surface area contributed by atoms with Gasteiger partial charge in [-0.2, -0.15) is 0 Å². The molecular formula is C10H11N3S. The van der Waals surface area contributed by atoms with E-state index < -0.39 is 0 Å². The summed E-state index contributed by atoms with van der Waals surface area (Å²) in [6, 6.07) is 5.91. The number of aromatic nitrogens is 1. The zero-order chi connectivity index (χ0) is 9.80. The number of pyridine rings is 1. The van der Waals surface area contributed by atoms with Crippen molar-refractivity contribution in [3.63, 3.8) is 0 Å². The van der Waals surface area contributed by atoms with Crippen LogP contribution in [0.2, 0.25) is 0 Å². The maximum atomic E-state index is 5.76. The molecule has 2 aromatic rings. The standard InChI is InChI=1S/C10H11N3S/c11-9-3-4-12-7-10(9)13-6-8-2-1-5-14-8/h1-5,7,13H,6H2,(H2,11,12). The second-order valence-electron chi connectivity index (χ2n) is 2.90. The van der Waals surface area contributed by atoms with E-state index in [0.717, 1.165) is 17.9 Å². The van der Waals surface area contributed by atoms with Crippen molar-refractivity contribution in [2.75, 3.05) is 11.1 Å². The first kappa shape index (κ1) is 9.02. The van der Waals surface area contributed by atoms with E-state index in [0.29, 0.717) is 0 Å². The number of rotatable bonds is 3. The normalized spacial score (nSPS) is 10.0. The Morgan fingerprint density at radius 1 is 1.43 bits per heavy atom. The molecule has 0 bridgehead atoms. The van der Waals surface area contributed by atoms with Crippen LogP contribution in [0.3, 0.4) is 0 Å². The van der Waals surface area contributed by atoms with Crippen molar-refractivity contribution in [1.29, 1.82) is 0 Å². The zero-order valence-electron chi connectivity index (χ0n) is 7.60. The van der Waals surface area contributed by atoms with E-state index in [1.54, 1.807) is 29.8 Å². The summed E-state index contributed by atoms with van der Waals surface area (Å²) in [4.78, 5) is 5.29. The van der Waals surface area contributed by atoms with Gasteiger partial charge in [-0.1, -0.05) is 6.07 Å². The van der Waals surface area contributed by atoms with E-state index in [1.807, 2.05) is 6.07 Å². The van der Waals surface area contributed by atoms with Gasteiger partial charge in [0.2, 0.25) is 0 Å². The van der Waals surface area contributed by atoms with Crippen molar-refractivity contribution in [3.8, 4) is 0 Å². The second-order valence-corrected chi connectivity index (χ2v) is 3.93. The fourth-order valence-corrected chi connectivity index (χ4v) is 1.79. The molecule has 0 aliphatic rings. The third-order valence-corrected chi connectivity index (χ3v) is 2.76. The van der Waals surface area contributed by atoms with Crippen LogP contribution in [0.25, 0.3) is 0 Å². The quantitative estimate of drug-likeness (QED) is 0.808. The molecule has 0 saturated carbocycles. The summed E-state index contributed by atoms with van der Waals surface area (Å²) in [7, 11) is 0.